The first-order valence-electron chi connectivity index (χ1n) is 4.98. The molecule has 1 aliphatic rings. The van der Waals surface area contributed by atoms with E-state index in [-0.39, 0.29) is 6.42 Å². The predicted octanol–water partition coefficient (Wildman–Crippen LogP) is 1.38. The number of hydrogen-bond donors (Lipinski definition) is 2. The molecule has 0 amide bonds. The third kappa shape index (κ3) is 1.95. The van der Waals surface area contributed by atoms with Gasteiger partial charge in [-0.25, -0.2) is 0 Å². The standard InChI is InChI=1S/C10H14N2O2/c13-10(14)4-2-7-1-3-8-6-11-12-9(8)5-7/h6-7H,1-5H2,(H,11,12)(H,13,14). The van der Waals surface area contributed by atoms with E-state index in [2.05, 4.69) is 10.2 Å². The number of rotatable bonds is 3. The second-order valence-corrected chi connectivity index (χ2v) is 3.92. The van der Waals surface area contributed by atoms with Crippen molar-refractivity contribution in [2.45, 2.75) is 32.1 Å². The van der Waals surface area contributed by atoms with Gasteiger partial charge in [0.1, 0.15) is 0 Å². The Morgan fingerprint density at radius 3 is 3.36 bits per heavy atom. The van der Waals surface area contributed by atoms with Crippen LogP contribution in [0, 0.1) is 5.92 Å². The molecule has 14 heavy (non-hydrogen) atoms. The fourth-order valence-corrected chi connectivity index (χ4v) is 2.05. The van der Waals surface area contributed by atoms with Gasteiger partial charge in [-0.3, -0.25) is 9.89 Å². The van der Waals surface area contributed by atoms with Gasteiger partial charge < -0.3 is 5.11 Å². The van der Waals surface area contributed by atoms with E-state index in [9.17, 15) is 4.79 Å². The van der Waals surface area contributed by atoms with Gasteiger partial charge in [-0.05, 0) is 37.2 Å². The van der Waals surface area contributed by atoms with Crippen LogP contribution in [-0.4, -0.2) is 21.3 Å². The molecule has 2 rings (SSSR count). The van der Waals surface area contributed by atoms with Gasteiger partial charge in [-0.2, -0.15) is 5.10 Å². The lowest BCUT2D eigenvalue weighted by atomic mass is 9.85. The highest BCUT2D eigenvalue weighted by Crippen LogP contribution is 2.26. The van der Waals surface area contributed by atoms with Crippen LogP contribution in [0.25, 0.3) is 0 Å². The Hall–Kier alpha value is -1.32. The average molecular weight is 194 g/mol. The summed E-state index contributed by atoms with van der Waals surface area (Å²) in [6.07, 6.45) is 6.04. The molecule has 0 saturated carbocycles. The lowest BCUT2D eigenvalue weighted by Gasteiger charge is -2.20. The molecular formula is C10H14N2O2. The number of carboxylic acids is 1. The fraction of sp³-hybridized carbons (Fsp3) is 0.600. The van der Waals surface area contributed by atoms with Gasteiger partial charge >= 0.3 is 5.97 Å². The highest BCUT2D eigenvalue weighted by atomic mass is 16.4. The van der Waals surface area contributed by atoms with Crippen LogP contribution in [0.4, 0.5) is 0 Å². The minimum absolute atomic E-state index is 0.286. The van der Waals surface area contributed by atoms with E-state index in [0.717, 1.165) is 25.7 Å². The van der Waals surface area contributed by atoms with Crippen molar-refractivity contribution in [1.82, 2.24) is 10.2 Å². The van der Waals surface area contributed by atoms with E-state index in [1.165, 1.54) is 11.3 Å². The molecule has 1 aliphatic carbocycles. The molecular weight excluding hydrogens is 180 g/mol. The number of fused-ring (bicyclic) bond motifs is 1. The van der Waals surface area contributed by atoms with Gasteiger partial charge in [0, 0.05) is 12.1 Å². The number of aromatic nitrogens is 2. The molecule has 1 atom stereocenters. The third-order valence-corrected chi connectivity index (χ3v) is 2.89. The van der Waals surface area contributed by atoms with Crippen LogP contribution in [-0.2, 0) is 17.6 Å². The van der Waals surface area contributed by atoms with Crippen LogP contribution < -0.4 is 0 Å². The number of H-pyrrole nitrogens is 1. The van der Waals surface area contributed by atoms with Gasteiger partial charge in [-0.1, -0.05) is 0 Å². The molecule has 0 bridgehead atoms. The van der Waals surface area contributed by atoms with Gasteiger partial charge in [0.25, 0.3) is 0 Å². The first kappa shape index (κ1) is 9.24. The van der Waals surface area contributed by atoms with Gasteiger partial charge in [0.2, 0.25) is 0 Å². The molecule has 1 unspecified atom stereocenters. The Kier molecular flexibility index (Phi) is 2.52. The number of aromatic amines is 1. The first-order chi connectivity index (χ1) is 6.75. The van der Waals surface area contributed by atoms with Crippen molar-refractivity contribution in [2.24, 2.45) is 5.92 Å². The van der Waals surface area contributed by atoms with E-state index < -0.39 is 5.97 Å². The number of aryl methyl sites for hydroxylation is 1. The van der Waals surface area contributed by atoms with Crippen molar-refractivity contribution in [3.05, 3.63) is 17.5 Å². The Labute approximate surface area is 82.3 Å². The largest absolute Gasteiger partial charge is 0.481 e. The maximum atomic E-state index is 10.4. The summed E-state index contributed by atoms with van der Waals surface area (Å²) in [5, 5.41) is 15.5. The molecule has 4 heteroatoms. The zero-order valence-corrected chi connectivity index (χ0v) is 7.99. The van der Waals surface area contributed by atoms with Crippen LogP contribution in [0.15, 0.2) is 6.20 Å². The zero-order chi connectivity index (χ0) is 9.97. The normalized spacial score (nSPS) is 20.4. The van der Waals surface area contributed by atoms with Crippen molar-refractivity contribution in [3.8, 4) is 0 Å². The van der Waals surface area contributed by atoms with E-state index in [0.29, 0.717) is 5.92 Å². The zero-order valence-electron chi connectivity index (χ0n) is 7.99. The van der Waals surface area contributed by atoms with Crippen molar-refractivity contribution in [3.63, 3.8) is 0 Å². The second kappa shape index (κ2) is 3.82. The molecule has 4 nitrogen and oxygen atoms in total. The van der Waals surface area contributed by atoms with E-state index >= 15 is 0 Å². The number of nitrogens with one attached hydrogen (secondary N) is 1. The van der Waals surface area contributed by atoms with Gasteiger partial charge in [0.05, 0.1) is 6.20 Å². The number of carbonyl (C=O) groups is 1. The number of carboxylic acid groups (broad SMARTS) is 1. The molecule has 0 aromatic carbocycles. The topological polar surface area (TPSA) is 66.0 Å². The average Bonchev–Trinajstić information content (AvgIpc) is 2.61. The molecule has 0 spiro atoms. The summed E-state index contributed by atoms with van der Waals surface area (Å²) in [6.45, 7) is 0. The summed E-state index contributed by atoms with van der Waals surface area (Å²) < 4.78 is 0. The highest BCUT2D eigenvalue weighted by Gasteiger charge is 2.20. The monoisotopic (exact) mass is 194 g/mol. The van der Waals surface area contributed by atoms with Crippen molar-refractivity contribution < 1.29 is 9.90 Å². The highest BCUT2D eigenvalue weighted by molar-refractivity contribution is 5.66. The van der Waals surface area contributed by atoms with Crippen LogP contribution in [0.3, 0.4) is 0 Å². The summed E-state index contributed by atoms with van der Waals surface area (Å²) in [5.74, 6) is -0.181. The molecule has 76 valence electrons. The van der Waals surface area contributed by atoms with Crippen LogP contribution in [0.2, 0.25) is 0 Å². The molecule has 1 aromatic rings. The lowest BCUT2D eigenvalue weighted by Crippen LogP contribution is -2.14. The second-order valence-electron chi connectivity index (χ2n) is 3.92. The SMILES string of the molecule is O=C(O)CCC1CCc2cn[nH]c2C1. The molecule has 1 aromatic heterocycles. The van der Waals surface area contributed by atoms with Crippen LogP contribution in [0.5, 0.6) is 0 Å². The van der Waals surface area contributed by atoms with Crippen LogP contribution in [0.1, 0.15) is 30.5 Å². The number of hydrogen-bond acceptors (Lipinski definition) is 2. The minimum atomic E-state index is -0.694. The minimum Gasteiger partial charge on any atom is -0.481 e. The Morgan fingerprint density at radius 1 is 1.71 bits per heavy atom. The van der Waals surface area contributed by atoms with E-state index in [1.54, 1.807) is 0 Å². The van der Waals surface area contributed by atoms with Crippen molar-refractivity contribution >= 4 is 5.97 Å². The maximum Gasteiger partial charge on any atom is 0.303 e. The Morgan fingerprint density at radius 2 is 2.57 bits per heavy atom. The molecule has 1 heterocycles. The molecule has 0 fully saturated rings. The van der Waals surface area contributed by atoms with Crippen molar-refractivity contribution in [2.75, 3.05) is 0 Å². The molecule has 0 aliphatic heterocycles. The predicted molar refractivity (Wildman–Crippen MR) is 51.0 cm³/mol. The molecule has 2 N–H and O–H groups in total. The summed E-state index contributed by atoms with van der Waals surface area (Å²) in [4.78, 5) is 10.4. The van der Waals surface area contributed by atoms with Gasteiger partial charge in [-0.15, -0.1) is 0 Å². The van der Waals surface area contributed by atoms with E-state index in [4.69, 9.17) is 5.11 Å². The summed E-state index contributed by atoms with van der Waals surface area (Å²) >= 11 is 0. The van der Waals surface area contributed by atoms with Crippen LogP contribution >= 0.6 is 0 Å². The number of nitrogens with zero attached hydrogens (tertiary/aromatic N) is 1. The van der Waals surface area contributed by atoms with Crippen molar-refractivity contribution in [1.29, 1.82) is 0 Å². The smallest absolute Gasteiger partial charge is 0.303 e. The molecule has 0 saturated heterocycles. The van der Waals surface area contributed by atoms with Gasteiger partial charge in [0.15, 0.2) is 0 Å². The fourth-order valence-electron chi connectivity index (χ4n) is 2.05. The summed E-state index contributed by atoms with van der Waals surface area (Å²) in [5.41, 5.74) is 2.50. The Bertz CT molecular complexity index is 333. The van der Waals surface area contributed by atoms with E-state index in [1.807, 2.05) is 6.20 Å². The quantitative estimate of drug-likeness (QED) is 0.763. The lowest BCUT2D eigenvalue weighted by molar-refractivity contribution is -0.137. The maximum absolute atomic E-state index is 10.4. The molecule has 0 radical (unpaired) electrons. The number of aliphatic carboxylic acids is 1. The summed E-state index contributed by atoms with van der Waals surface area (Å²) in [6, 6.07) is 0. The third-order valence-electron chi connectivity index (χ3n) is 2.89. The Balaban J connectivity index is 1.91. The first-order valence-corrected chi connectivity index (χ1v) is 4.98. The summed E-state index contributed by atoms with van der Waals surface area (Å²) in [7, 11) is 0.